The average molecular weight is 247 g/mol. The summed E-state index contributed by atoms with van der Waals surface area (Å²) in [5.74, 6) is 0.876. The third kappa shape index (κ3) is 1.90. The molecule has 0 amide bonds. The number of halogens is 1. The molecule has 0 spiro atoms. The van der Waals surface area contributed by atoms with Crippen LogP contribution in [-0.2, 0) is 5.54 Å². The fourth-order valence-corrected chi connectivity index (χ4v) is 2.04. The highest BCUT2D eigenvalue weighted by atomic mass is 19.1. The van der Waals surface area contributed by atoms with E-state index in [9.17, 15) is 4.39 Å². The fraction of sp³-hybridized carbons (Fsp3) is 0.385. The average Bonchev–Trinajstić information content (AvgIpc) is 3.07. The molecule has 1 aliphatic carbocycles. The zero-order valence-electron chi connectivity index (χ0n) is 10.1. The van der Waals surface area contributed by atoms with Crippen molar-refractivity contribution in [3.63, 3.8) is 0 Å². The van der Waals surface area contributed by atoms with Crippen LogP contribution in [0.4, 0.5) is 4.39 Å². The Morgan fingerprint density at radius 3 is 2.89 bits per heavy atom. The van der Waals surface area contributed by atoms with Crippen LogP contribution >= 0.6 is 0 Å². The lowest BCUT2D eigenvalue weighted by Gasteiger charge is -2.18. The second kappa shape index (κ2) is 3.88. The number of hydrogen-bond donors (Lipinski definition) is 1. The molecule has 18 heavy (non-hydrogen) atoms. The van der Waals surface area contributed by atoms with Crippen molar-refractivity contribution in [3.8, 4) is 11.4 Å². The van der Waals surface area contributed by atoms with Crippen molar-refractivity contribution in [2.45, 2.75) is 25.3 Å². The van der Waals surface area contributed by atoms with Crippen LogP contribution in [0.15, 0.2) is 28.8 Å². The SMILES string of the molecule is CC(N)(c1nc(-c2cccc(F)c2)no1)C1CC1. The monoisotopic (exact) mass is 247 g/mol. The van der Waals surface area contributed by atoms with Gasteiger partial charge < -0.3 is 10.3 Å². The first kappa shape index (κ1) is 11.3. The standard InChI is InChI=1S/C13H14FN3O/c1-13(15,9-5-6-9)12-16-11(17-18-12)8-3-2-4-10(14)7-8/h2-4,7,9H,5-6,15H2,1H3. The maximum Gasteiger partial charge on any atom is 0.247 e. The molecule has 3 rings (SSSR count). The van der Waals surface area contributed by atoms with E-state index in [2.05, 4.69) is 10.1 Å². The van der Waals surface area contributed by atoms with Gasteiger partial charge in [0.15, 0.2) is 0 Å². The molecule has 1 atom stereocenters. The van der Waals surface area contributed by atoms with Crippen molar-refractivity contribution < 1.29 is 8.91 Å². The van der Waals surface area contributed by atoms with E-state index in [1.165, 1.54) is 12.1 Å². The fourth-order valence-electron chi connectivity index (χ4n) is 2.04. The summed E-state index contributed by atoms with van der Waals surface area (Å²) in [6.07, 6.45) is 2.18. The molecule has 2 aromatic rings. The second-order valence-electron chi connectivity index (χ2n) is 4.99. The lowest BCUT2D eigenvalue weighted by molar-refractivity contribution is 0.273. The van der Waals surface area contributed by atoms with E-state index in [1.54, 1.807) is 12.1 Å². The van der Waals surface area contributed by atoms with Crippen molar-refractivity contribution in [1.82, 2.24) is 10.1 Å². The molecule has 4 nitrogen and oxygen atoms in total. The van der Waals surface area contributed by atoms with E-state index < -0.39 is 5.54 Å². The zero-order valence-corrected chi connectivity index (χ0v) is 10.1. The largest absolute Gasteiger partial charge is 0.337 e. The molecule has 5 heteroatoms. The summed E-state index contributed by atoms with van der Waals surface area (Å²) in [7, 11) is 0. The number of aromatic nitrogens is 2. The molecule has 1 aromatic carbocycles. The molecule has 1 aliphatic rings. The topological polar surface area (TPSA) is 64.9 Å². The molecule has 1 heterocycles. The summed E-state index contributed by atoms with van der Waals surface area (Å²) in [6, 6.07) is 6.10. The molecular formula is C13H14FN3O. The van der Waals surface area contributed by atoms with Crippen molar-refractivity contribution in [2.75, 3.05) is 0 Å². The van der Waals surface area contributed by atoms with Gasteiger partial charge in [0.05, 0.1) is 5.54 Å². The maximum absolute atomic E-state index is 13.1. The summed E-state index contributed by atoms with van der Waals surface area (Å²) >= 11 is 0. The van der Waals surface area contributed by atoms with E-state index in [0.29, 0.717) is 23.2 Å². The smallest absolute Gasteiger partial charge is 0.247 e. The van der Waals surface area contributed by atoms with Gasteiger partial charge in [-0.1, -0.05) is 17.3 Å². The predicted molar refractivity (Wildman–Crippen MR) is 64.0 cm³/mol. The van der Waals surface area contributed by atoms with Crippen LogP contribution in [0, 0.1) is 11.7 Å². The van der Waals surface area contributed by atoms with Crippen LogP contribution in [0.5, 0.6) is 0 Å². The van der Waals surface area contributed by atoms with Crippen molar-refractivity contribution in [2.24, 2.45) is 11.7 Å². The Morgan fingerprint density at radius 2 is 2.22 bits per heavy atom. The van der Waals surface area contributed by atoms with Gasteiger partial charge in [-0.2, -0.15) is 4.98 Å². The van der Waals surface area contributed by atoms with Gasteiger partial charge >= 0.3 is 0 Å². The van der Waals surface area contributed by atoms with E-state index >= 15 is 0 Å². The Labute approximate surface area is 104 Å². The van der Waals surface area contributed by atoms with Crippen LogP contribution in [0.2, 0.25) is 0 Å². The van der Waals surface area contributed by atoms with Gasteiger partial charge in [0.25, 0.3) is 0 Å². The molecule has 0 saturated heterocycles. The first-order valence-corrected chi connectivity index (χ1v) is 5.96. The molecular weight excluding hydrogens is 233 g/mol. The molecule has 1 unspecified atom stereocenters. The van der Waals surface area contributed by atoms with Crippen molar-refractivity contribution in [1.29, 1.82) is 0 Å². The Morgan fingerprint density at radius 1 is 1.44 bits per heavy atom. The maximum atomic E-state index is 13.1. The third-order valence-corrected chi connectivity index (χ3v) is 3.40. The normalized spacial score (nSPS) is 18.6. The second-order valence-corrected chi connectivity index (χ2v) is 4.99. The summed E-state index contributed by atoms with van der Waals surface area (Å²) in [6.45, 7) is 1.90. The number of benzene rings is 1. The van der Waals surface area contributed by atoms with Gasteiger partial charge in [0.2, 0.25) is 11.7 Å². The molecule has 0 aliphatic heterocycles. The van der Waals surface area contributed by atoms with E-state index in [4.69, 9.17) is 10.3 Å². The van der Waals surface area contributed by atoms with Crippen LogP contribution in [0.3, 0.4) is 0 Å². The summed E-state index contributed by atoms with van der Waals surface area (Å²) < 4.78 is 18.3. The molecule has 2 N–H and O–H groups in total. The number of nitrogens with zero attached hydrogens (tertiary/aromatic N) is 2. The Balaban J connectivity index is 1.94. The van der Waals surface area contributed by atoms with Gasteiger partial charge in [-0.15, -0.1) is 0 Å². The highest BCUT2D eigenvalue weighted by Crippen LogP contribution is 2.43. The molecule has 0 radical (unpaired) electrons. The van der Waals surface area contributed by atoms with Gasteiger partial charge in [-0.05, 0) is 37.8 Å². The van der Waals surface area contributed by atoms with Gasteiger partial charge in [0, 0.05) is 5.56 Å². The van der Waals surface area contributed by atoms with Crippen LogP contribution < -0.4 is 5.73 Å². The van der Waals surface area contributed by atoms with Crippen molar-refractivity contribution in [3.05, 3.63) is 36.0 Å². The lowest BCUT2D eigenvalue weighted by Crippen LogP contribution is -2.35. The molecule has 94 valence electrons. The van der Waals surface area contributed by atoms with E-state index in [1.807, 2.05) is 6.92 Å². The Bertz CT molecular complexity index is 575. The quantitative estimate of drug-likeness (QED) is 0.904. The highest BCUT2D eigenvalue weighted by molar-refractivity contribution is 5.54. The van der Waals surface area contributed by atoms with Crippen molar-refractivity contribution >= 4 is 0 Å². The van der Waals surface area contributed by atoms with E-state index in [0.717, 1.165) is 12.8 Å². The zero-order chi connectivity index (χ0) is 12.8. The molecule has 1 saturated carbocycles. The minimum Gasteiger partial charge on any atom is -0.337 e. The summed E-state index contributed by atoms with van der Waals surface area (Å²) in [5, 5.41) is 3.87. The molecule has 0 bridgehead atoms. The van der Waals surface area contributed by atoms with Gasteiger partial charge in [-0.3, -0.25) is 0 Å². The lowest BCUT2D eigenvalue weighted by atomic mass is 9.97. The minimum absolute atomic E-state index is 0.323. The Hall–Kier alpha value is -1.75. The van der Waals surface area contributed by atoms with Crippen LogP contribution in [0.1, 0.15) is 25.7 Å². The third-order valence-electron chi connectivity index (χ3n) is 3.40. The number of nitrogens with two attached hydrogens (primary N) is 1. The number of rotatable bonds is 3. The summed E-state index contributed by atoms with van der Waals surface area (Å²) in [4.78, 5) is 4.29. The molecule has 1 fully saturated rings. The first-order chi connectivity index (χ1) is 8.57. The van der Waals surface area contributed by atoms with E-state index in [-0.39, 0.29) is 5.82 Å². The first-order valence-electron chi connectivity index (χ1n) is 5.96. The Kier molecular flexibility index (Phi) is 2.45. The van der Waals surface area contributed by atoms with Gasteiger partial charge in [0.1, 0.15) is 5.82 Å². The van der Waals surface area contributed by atoms with Crippen LogP contribution in [0.25, 0.3) is 11.4 Å². The molecule has 1 aromatic heterocycles. The summed E-state index contributed by atoms with van der Waals surface area (Å²) in [5.41, 5.74) is 6.20. The van der Waals surface area contributed by atoms with Crippen LogP contribution in [-0.4, -0.2) is 10.1 Å². The predicted octanol–water partition coefficient (Wildman–Crippen LogP) is 2.46. The number of hydrogen-bond acceptors (Lipinski definition) is 4. The van der Waals surface area contributed by atoms with Gasteiger partial charge in [-0.25, -0.2) is 4.39 Å². The highest BCUT2D eigenvalue weighted by Gasteiger charge is 2.43. The minimum atomic E-state index is -0.585.